The largest absolute Gasteiger partial charge is 0.383 e. The van der Waals surface area contributed by atoms with Crippen molar-refractivity contribution in [2.24, 2.45) is 0 Å². The summed E-state index contributed by atoms with van der Waals surface area (Å²) < 4.78 is 31.9. The van der Waals surface area contributed by atoms with Crippen molar-refractivity contribution in [3.63, 3.8) is 0 Å². The molecule has 0 bridgehead atoms. The topological polar surface area (TPSA) is 24.5 Å². The van der Waals surface area contributed by atoms with Gasteiger partial charge in [0.05, 0.1) is 6.61 Å². The molecule has 1 aliphatic heterocycles. The Hall–Kier alpha value is -1.82. The van der Waals surface area contributed by atoms with Crippen LogP contribution >= 0.6 is 0 Å². The van der Waals surface area contributed by atoms with E-state index in [0.29, 0.717) is 12.6 Å². The highest BCUT2D eigenvalue weighted by molar-refractivity contribution is 5.21. The normalized spacial score (nSPS) is 19.1. The van der Waals surface area contributed by atoms with Crippen LogP contribution in [0.5, 0.6) is 0 Å². The Kier molecular flexibility index (Phi) is 7.33. The Bertz CT molecular complexity index is 688. The van der Waals surface area contributed by atoms with Crippen LogP contribution in [0.25, 0.3) is 0 Å². The fourth-order valence-electron chi connectivity index (χ4n) is 3.89. The van der Waals surface area contributed by atoms with E-state index in [2.05, 4.69) is 10.2 Å². The van der Waals surface area contributed by atoms with Gasteiger partial charge in [-0.25, -0.2) is 8.78 Å². The van der Waals surface area contributed by atoms with E-state index >= 15 is 0 Å². The molecule has 3 nitrogen and oxygen atoms in total. The van der Waals surface area contributed by atoms with E-state index in [1.54, 1.807) is 7.11 Å². The highest BCUT2D eigenvalue weighted by Gasteiger charge is 2.29. The standard InChI is InChI=1S/C22H28F2N2O/c1-27-16-21-15-25-13-14-26(21)22(18-7-11-20(24)12-8-18)4-2-3-17-5-9-19(23)10-6-17/h5-12,21-22,25H,2-4,13-16H2,1H3. The molecular weight excluding hydrogens is 346 g/mol. The van der Waals surface area contributed by atoms with E-state index in [0.717, 1.165) is 50.0 Å². The molecule has 3 rings (SSSR count). The molecule has 2 aromatic rings. The molecule has 1 N–H and O–H groups in total. The van der Waals surface area contributed by atoms with Crippen LogP contribution in [0.2, 0.25) is 0 Å². The lowest BCUT2D eigenvalue weighted by molar-refractivity contribution is 0.0398. The molecule has 0 saturated carbocycles. The summed E-state index contributed by atoms with van der Waals surface area (Å²) in [7, 11) is 1.73. The van der Waals surface area contributed by atoms with Crippen LogP contribution < -0.4 is 5.32 Å². The molecule has 5 heteroatoms. The number of hydrogen-bond donors (Lipinski definition) is 1. The monoisotopic (exact) mass is 374 g/mol. The molecule has 0 spiro atoms. The summed E-state index contributed by atoms with van der Waals surface area (Å²) in [6.45, 7) is 3.44. The molecule has 2 unspecified atom stereocenters. The van der Waals surface area contributed by atoms with Gasteiger partial charge in [0.2, 0.25) is 0 Å². The number of hydrogen-bond acceptors (Lipinski definition) is 3. The maximum absolute atomic E-state index is 13.4. The summed E-state index contributed by atoms with van der Waals surface area (Å²) in [4.78, 5) is 2.48. The smallest absolute Gasteiger partial charge is 0.123 e. The van der Waals surface area contributed by atoms with Gasteiger partial charge < -0.3 is 10.1 Å². The Morgan fingerprint density at radius 3 is 2.41 bits per heavy atom. The summed E-state index contributed by atoms with van der Waals surface area (Å²) in [6, 6.07) is 14.1. The van der Waals surface area contributed by atoms with Gasteiger partial charge in [-0.3, -0.25) is 4.90 Å². The van der Waals surface area contributed by atoms with Crippen molar-refractivity contribution < 1.29 is 13.5 Å². The lowest BCUT2D eigenvalue weighted by Gasteiger charge is -2.41. The highest BCUT2D eigenvalue weighted by Crippen LogP contribution is 2.29. The van der Waals surface area contributed by atoms with Gasteiger partial charge in [-0.2, -0.15) is 0 Å². The Balaban J connectivity index is 1.72. The summed E-state index contributed by atoms with van der Waals surface area (Å²) in [6.07, 6.45) is 2.85. The van der Waals surface area contributed by atoms with Gasteiger partial charge in [-0.05, 0) is 54.7 Å². The van der Waals surface area contributed by atoms with Crippen molar-refractivity contribution in [1.82, 2.24) is 10.2 Å². The Morgan fingerprint density at radius 1 is 1.07 bits per heavy atom. The zero-order chi connectivity index (χ0) is 19.1. The minimum Gasteiger partial charge on any atom is -0.383 e. The number of benzene rings is 2. The fraction of sp³-hybridized carbons (Fsp3) is 0.455. The average molecular weight is 374 g/mol. The van der Waals surface area contributed by atoms with Crippen molar-refractivity contribution in [2.75, 3.05) is 33.4 Å². The molecule has 1 saturated heterocycles. The van der Waals surface area contributed by atoms with Gasteiger partial charge in [0.15, 0.2) is 0 Å². The minimum absolute atomic E-state index is 0.203. The Labute approximate surface area is 160 Å². The molecule has 1 fully saturated rings. The number of methoxy groups -OCH3 is 1. The van der Waals surface area contributed by atoms with E-state index in [-0.39, 0.29) is 17.7 Å². The molecule has 27 heavy (non-hydrogen) atoms. The van der Waals surface area contributed by atoms with Gasteiger partial charge in [0, 0.05) is 38.8 Å². The molecule has 0 aromatic heterocycles. The second-order valence-corrected chi connectivity index (χ2v) is 7.14. The molecule has 0 amide bonds. The van der Waals surface area contributed by atoms with Gasteiger partial charge in [-0.1, -0.05) is 24.3 Å². The van der Waals surface area contributed by atoms with Crippen LogP contribution in [0, 0.1) is 11.6 Å². The van der Waals surface area contributed by atoms with E-state index in [1.807, 2.05) is 24.3 Å². The molecule has 1 heterocycles. The summed E-state index contributed by atoms with van der Waals surface area (Å²) in [5.41, 5.74) is 2.28. The first kappa shape index (κ1) is 19.9. The van der Waals surface area contributed by atoms with Crippen LogP contribution in [0.3, 0.4) is 0 Å². The maximum atomic E-state index is 13.4. The molecule has 0 radical (unpaired) electrons. The van der Waals surface area contributed by atoms with Crippen LogP contribution in [0.1, 0.15) is 30.0 Å². The lowest BCUT2D eigenvalue weighted by atomic mass is 9.95. The first-order chi connectivity index (χ1) is 13.2. The second-order valence-electron chi connectivity index (χ2n) is 7.14. The third-order valence-electron chi connectivity index (χ3n) is 5.27. The predicted octanol–water partition coefficient (Wildman–Crippen LogP) is 3.95. The maximum Gasteiger partial charge on any atom is 0.123 e. The first-order valence-electron chi connectivity index (χ1n) is 9.62. The van der Waals surface area contributed by atoms with E-state index < -0.39 is 0 Å². The van der Waals surface area contributed by atoms with Crippen LogP contribution in [-0.4, -0.2) is 44.3 Å². The van der Waals surface area contributed by atoms with E-state index in [9.17, 15) is 8.78 Å². The number of rotatable bonds is 8. The van der Waals surface area contributed by atoms with Gasteiger partial charge >= 0.3 is 0 Å². The van der Waals surface area contributed by atoms with Crippen molar-refractivity contribution >= 4 is 0 Å². The quantitative estimate of drug-likeness (QED) is 0.757. The zero-order valence-electron chi connectivity index (χ0n) is 15.8. The van der Waals surface area contributed by atoms with Crippen molar-refractivity contribution in [3.8, 4) is 0 Å². The molecule has 2 aromatic carbocycles. The number of halogens is 2. The van der Waals surface area contributed by atoms with Crippen molar-refractivity contribution in [2.45, 2.75) is 31.3 Å². The molecule has 1 aliphatic rings. The molecule has 146 valence electrons. The summed E-state index contributed by atoms with van der Waals surface area (Å²) in [5.74, 6) is -0.413. The van der Waals surface area contributed by atoms with Crippen molar-refractivity contribution in [1.29, 1.82) is 0 Å². The van der Waals surface area contributed by atoms with Crippen LogP contribution in [-0.2, 0) is 11.2 Å². The van der Waals surface area contributed by atoms with E-state index in [4.69, 9.17) is 4.74 Å². The summed E-state index contributed by atoms with van der Waals surface area (Å²) >= 11 is 0. The third kappa shape index (κ3) is 5.58. The van der Waals surface area contributed by atoms with Gasteiger partial charge in [0.25, 0.3) is 0 Å². The predicted molar refractivity (Wildman–Crippen MR) is 104 cm³/mol. The zero-order valence-corrected chi connectivity index (χ0v) is 15.8. The number of ether oxygens (including phenoxy) is 1. The van der Waals surface area contributed by atoms with Gasteiger partial charge in [0.1, 0.15) is 11.6 Å². The molecular formula is C22H28F2N2O. The number of aryl methyl sites for hydroxylation is 1. The number of nitrogens with zero attached hydrogens (tertiary/aromatic N) is 1. The molecule has 0 aliphatic carbocycles. The van der Waals surface area contributed by atoms with Crippen molar-refractivity contribution in [3.05, 3.63) is 71.3 Å². The SMILES string of the molecule is COCC1CNCCN1C(CCCc1ccc(F)cc1)c1ccc(F)cc1. The Morgan fingerprint density at radius 2 is 1.74 bits per heavy atom. The first-order valence-corrected chi connectivity index (χ1v) is 9.62. The minimum atomic E-state index is -0.211. The van der Waals surface area contributed by atoms with Crippen LogP contribution in [0.4, 0.5) is 8.78 Å². The lowest BCUT2D eigenvalue weighted by Crippen LogP contribution is -2.54. The van der Waals surface area contributed by atoms with E-state index in [1.165, 1.54) is 24.3 Å². The fourth-order valence-corrected chi connectivity index (χ4v) is 3.89. The van der Waals surface area contributed by atoms with Gasteiger partial charge in [-0.15, -0.1) is 0 Å². The third-order valence-corrected chi connectivity index (χ3v) is 5.27. The van der Waals surface area contributed by atoms with Crippen LogP contribution in [0.15, 0.2) is 48.5 Å². The molecule has 2 atom stereocenters. The second kappa shape index (κ2) is 9.93. The number of nitrogens with one attached hydrogen (secondary N) is 1. The average Bonchev–Trinajstić information content (AvgIpc) is 2.69. The summed E-state index contributed by atoms with van der Waals surface area (Å²) in [5, 5.41) is 3.44. The number of piperazine rings is 1. The highest BCUT2D eigenvalue weighted by atomic mass is 19.1.